The third-order valence-corrected chi connectivity index (χ3v) is 0. The van der Waals surface area contributed by atoms with Crippen LogP contribution >= 0.6 is 0 Å². The van der Waals surface area contributed by atoms with Gasteiger partial charge < -0.3 is 4.48 Å². The van der Waals surface area contributed by atoms with Crippen molar-refractivity contribution in [2.45, 2.75) is 0 Å². The number of hydrogen-bond acceptors (Lipinski definition) is 0. The van der Waals surface area contributed by atoms with Crippen LogP contribution < -0.4 is 18.9 Å². The Morgan fingerprint density at radius 2 is 1.17 bits per heavy atom. The van der Waals surface area contributed by atoms with E-state index in [1.807, 2.05) is 21.1 Å². The Bertz CT molecular complexity index is 23.0. The largest absolute Gasteiger partial charge is 1.00 e. The molecule has 0 saturated heterocycles. The molecule has 0 atom stereocenters. The zero-order chi connectivity index (χ0) is 4.50. The van der Waals surface area contributed by atoms with Crippen LogP contribution in [0.5, 0.6) is 0 Å². The predicted molar refractivity (Wildman–Crippen MR) is 23.4 cm³/mol. The van der Waals surface area contributed by atoms with Gasteiger partial charge in [0.2, 0.25) is 0 Å². The molecule has 0 aliphatic heterocycles. The average molecular weight is 80.1 g/mol. The second-order valence-electron chi connectivity index (χ2n) is 2.29. The van der Waals surface area contributed by atoms with Crippen molar-refractivity contribution in [3.05, 3.63) is 7.05 Å². The maximum atomic E-state index is 3.71. The van der Waals surface area contributed by atoms with Crippen molar-refractivity contribution in [1.29, 1.82) is 0 Å². The van der Waals surface area contributed by atoms with Crippen molar-refractivity contribution in [3.8, 4) is 0 Å². The number of nitrogens with zero attached hydrogens (tertiary/aromatic N) is 1. The van der Waals surface area contributed by atoms with Gasteiger partial charge >= 0.3 is 18.9 Å². The van der Waals surface area contributed by atoms with Crippen LogP contribution in [0, 0.1) is 7.05 Å². The van der Waals surface area contributed by atoms with Gasteiger partial charge in [0.05, 0.1) is 0 Å². The molecule has 0 aromatic rings. The van der Waals surface area contributed by atoms with E-state index >= 15 is 0 Å². The van der Waals surface area contributed by atoms with Crippen LogP contribution in [-0.2, 0) is 0 Å². The maximum Gasteiger partial charge on any atom is 1.00 e. The molecule has 0 aromatic carbocycles. The molecule has 0 amide bonds. The summed E-state index contributed by atoms with van der Waals surface area (Å²) in [6.45, 7) is 0. The second-order valence-corrected chi connectivity index (χ2v) is 2.29. The zero-order valence-corrected chi connectivity index (χ0v) is 5.15. The minimum Gasteiger partial charge on any atom is -0.464 e. The van der Waals surface area contributed by atoms with Gasteiger partial charge in [0.25, 0.3) is 0 Å². The minimum absolute atomic E-state index is 0. The second kappa shape index (κ2) is 2.68. The molecule has 0 rings (SSSR count). The summed E-state index contributed by atoms with van der Waals surface area (Å²) in [7, 11) is 9.75. The Balaban J connectivity index is 0. The molecular weight excluding hydrogens is 69.0 g/mol. The molecule has 0 aliphatic carbocycles. The molecule has 2 heteroatoms. The summed E-state index contributed by atoms with van der Waals surface area (Å²) in [4.78, 5) is 0. The van der Waals surface area contributed by atoms with Crippen LogP contribution in [-0.4, -0.2) is 25.6 Å². The minimum atomic E-state index is 0. The fraction of sp³-hybridized carbons (Fsp3) is 0.750. The van der Waals surface area contributed by atoms with E-state index in [9.17, 15) is 0 Å². The molecule has 0 saturated carbocycles. The topological polar surface area (TPSA) is 0 Å². The molecule has 1 nitrogen and oxygen atoms in total. The third kappa shape index (κ3) is 186. The van der Waals surface area contributed by atoms with E-state index in [2.05, 4.69) is 7.05 Å². The van der Waals surface area contributed by atoms with Crippen LogP contribution in [0.3, 0.4) is 0 Å². The summed E-state index contributed by atoms with van der Waals surface area (Å²) in [5.41, 5.74) is 0. The van der Waals surface area contributed by atoms with Gasteiger partial charge in [-0.15, -0.1) is 7.05 Å². The van der Waals surface area contributed by atoms with Crippen molar-refractivity contribution < 1.29 is 23.3 Å². The Morgan fingerprint density at radius 3 is 1.17 bits per heavy atom. The van der Waals surface area contributed by atoms with Crippen molar-refractivity contribution in [1.82, 2.24) is 0 Å². The molecule has 0 N–H and O–H groups in total. The van der Waals surface area contributed by atoms with Gasteiger partial charge in [0.1, 0.15) is 0 Å². The van der Waals surface area contributed by atoms with Gasteiger partial charge in [-0.3, -0.25) is 0 Å². The van der Waals surface area contributed by atoms with E-state index in [0.29, 0.717) is 0 Å². The van der Waals surface area contributed by atoms with E-state index in [-0.39, 0.29) is 18.9 Å². The Morgan fingerprint density at radius 1 is 1.17 bits per heavy atom. The molecule has 0 aliphatic rings. The van der Waals surface area contributed by atoms with Gasteiger partial charge in [0.15, 0.2) is 0 Å². The SMILES string of the molecule is [CH2-][N+](C)(C)C.[Li+]. The van der Waals surface area contributed by atoms with Crippen molar-refractivity contribution in [2.24, 2.45) is 0 Å². The zero-order valence-electron chi connectivity index (χ0n) is 5.15. The molecule has 0 fully saturated rings. The van der Waals surface area contributed by atoms with Crippen LogP contribution in [0.1, 0.15) is 0 Å². The average Bonchev–Trinajstić information content (AvgIpc) is 0.722. The van der Waals surface area contributed by atoms with E-state index in [0.717, 1.165) is 4.48 Å². The molecule has 6 heavy (non-hydrogen) atoms. The normalized spacial score (nSPS) is 10.0. The van der Waals surface area contributed by atoms with E-state index in [4.69, 9.17) is 0 Å². The van der Waals surface area contributed by atoms with Crippen molar-refractivity contribution in [2.75, 3.05) is 21.1 Å². The summed E-state index contributed by atoms with van der Waals surface area (Å²) in [5.74, 6) is 0. The van der Waals surface area contributed by atoms with E-state index < -0.39 is 0 Å². The first-order chi connectivity index (χ1) is 2.00. The quantitative estimate of drug-likeness (QED) is 0.171. The first-order valence-corrected chi connectivity index (χ1v) is 1.66. The standard InChI is InChI=1S/C4H11N.Li/c1-5(2,3)4;/h1H2,2-4H3;/q;+1. The summed E-state index contributed by atoms with van der Waals surface area (Å²) in [6.07, 6.45) is 0. The molecule has 0 aromatic heterocycles. The molecule has 0 spiro atoms. The fourth-order valence-electron chi connectivity index (χ4n) is 0. The van der Waals surface area contributed by atoms with Gasteiger partial charge in [-0.05, 0) is 0 Å². The Kier molecular flexibility index (Phi) is 4.36. The van der Waals surface area contributed by atoms with Crippen LogP contribution in [0.15, 0.2) is 0 Å². The summed E-state index contributed by atoms with van der Waals surface area (Å²) in [6, 6.07) is 0. The molecule has 0 heterocycles. The van der Waals surface area contributed by atoms with Gasteiger partial charge in [-0.25, -0.2) is 0 Å². The Labute approximate surface area is 52.1 Å². The molecule has 32 valence electrons. The molecule has 0 unspecified atom stereocenters. The molecule has 0 radical (unpaired) electrons. The van der Waals surface area contributed by atoms with Crippen molar-refractivity contribution in [3.63, 3.8) is 0 Å². The summed E-state index contributed by atoms with van der Waals surface area (Å²) < 4.78 is 0.750. The maximum absolute atomic E-state index is 3.71. The molecular formula is C4H11LiN+. The van der Waals surface area contributed by atoms with E-state index in [1.54, 1.807) is 0 Å². The number of quaternary nitrogens is 1. The summed E-state index contributed by atoms with van der Waals surface area (Å²) in [5, 5.41) is 0. The number of hydrogen-bond donors (Lipinski definition) is 0. The van der Waals surface area contributed by atoms with E-state index in [1.165, 1.54) is 0 Å². The van der Waals surface area contributed by atoms with Gasteiger partial charge in [0, 0.05) is 21.1 Å². The van der Waals surface area contributed by atoms with Crippen molar-refractivity contribution >= 4 is 0 Å². The smallest absolute Gasteiger partial charge is 0.464 e. The van der Waals surface area contributed by atoms with Crippen LogP contribution in [0.25, 0.3) is 0 Å². The van der Waals surface area contributed by atoms with Gasteiger partial charge in [-0.2, -0.15) is 0 Å². The predicted octanol–water partition coefficient (Wildman–Crippen LogP) is -2.51. The first-order valence-electron chi connectivity index (χ1n) is 1.66. The first kappa shape index (κ1) is 9.75. The Hall–Kier alpha value is 0.557. The monoisotopic (exact) mass is 80.1 g/mol. The van der Waals surface area contributed by atoms with Crippen LogP contribution in [0.2, 0.25) is 0 Å². The van der Waals surface area contributed by atoms with Gasteiger partial charge in [-0.1, -0.05) is 0 Å². The third-order valence-electron chi connectivity index (χ3n) is 0. The van der Waals surface area contributed by atoms with Crippen LogP contribution in [0.4, 0.5) is 0 Å². The molecule has 0 bridgehead atoms. The summed E-state index contributed by atoms with van der Waals surface area (Å²) >= 11 is 0. The fourth-order valence-corrected chi connectivity index (χ4v) is 0. The number of rotatable bonds is 0.